The number of aliphatic hydroxyl groups excluding tert-OH is 1. The van der Waals surface area contributed by atoms with Crippen LogP contribution < -0.4 is 11.0 Å². The summed E-state index contributed by atoms with van der Waals surface area (Å²) in [6, 6.07) is 0. The Balaban J connectivity index is 1.82. The first-order chi connectivity index (χ1) is 13.0. The van der Waals surface area contributed by atoms with Gasteiger partial charge in [-0.05, 0) is 6.42 Å². The van der Waals surface area contributed by atoms with Crippen molar-refractivity contribution in [2.45, 2.75) is 57.1 Å². The van der Waals surface area contributed by atoms with Crippen LogP contribution in [0.5, 0.6) is 0 Å². The summed E-state index contributed by atoms with van der Waals surface area (Å²) in [5.74, 6) is -0.958. The van der Waals surface area contributed by atoms with Crippen LogP contribution in [0.1, 0.15) is 51.7 Å². The number of carbonyl (C=O) groups is 1. The summed E-state index contributed by atoms with van der Waals surface area (Å²) >= 11 is 1.32. The van der Waals surface area contributed by atoms with Crippen molar-refractivity contribution in [3.63, 3.8) is 0 Å². The molecule has 152 valence electrons. The standard InChI is InChI=1S/C17H26FN3O5S/c1-2-3-4-5-6-7-8-25-17(24)20-15-12(18)9-21(16(23)19-15)13-11-27-14(10-22)26-13/h9,13-14,22H,2-8,10-11H2,1H3,(H,19,20,23,24)/t13-,14+/m0/s1. The van der Waals surface area contributed by atoms with Crippen LogP contribution in [-0.2, 0) is 9.47 Å². The molecule has 1 saturated heterocycles. The molecule has 0 radical (unpaired) electrons. The van der Waals surface area contributed by atoms with Gasteiger partial charge in [0.1, 0.15) is 11.7 Å². The van der Waals surface area contributed by atoms with Gasteiger partial charge >= 0.3 is 11.8 Å². The topological polar surface area (TPSA) is 103 Å². The molecule has 0 bridgehead atoms. The molecule has 0 aliphatic carbocycles. The van der Waals surface area contributed by atoms with Crippen molar-refractivity contribution in [2.75, 3.05) is 24.3 Å². The number of hydrogen-bond acceptors (Lipinski definition) is 7. The number of amides is 1. The highest BCUT2D eigenvalue weighted by Crippen LogP contribution is 2.30. The molecule has 8 nitrogen and oxygen atoms in total. The molecule has 1 amide bonds. The third-order valence-electron chi connectivity index (χ3n) is 4.05. The van der Waals surface area contributed by atoms with Crippen LogP contribution in [0.2, 0.25) is 0 Å². The summed E-state index contributed by atoms with van der Waals surface area (Å²) in [4.78, 5) is 27.4. The molecule has 2 atom stereocenters. The molecular formula is C17H26FN3O5S. The van der Waals surface area contributed by atoms with Crippen molar-refractivity contribution in [1.29, 1.82) is 0 Å². The normalized spacial score (nSPS) is 19.2. The van der Waals surface area contributed by atoms with E-state index in [1.54, 1.807) is 0 Å². The van der Waals surface area contributed by atoms with Gasteiger partial charge in [0, 0.05) is 5.75 Å². The molecule has 0 spiro atoms. The van der Waals surface area contributed by atoms with Crippen LogP contribution in [0.3, 0.4) is 0 Å². The maximum absolute atomic E-state index is 14.2. The zero-order chi connectivity index (χ0) is 19.6. The summed E-state index contributed by atoms with van der Waals surface area (Å²) in [7, 11) is 0. The summed E-state index contributed by atoms with van der Waals surface area (Å²) in [6.45, 7) is 2.17. The number of hydrogen-bond donors (Lipinski definition) is 2. The highest BCUT2D eigenvalue weighted by atomic mass is 32.2. The lowest BCUT2D eigenvalue weighted by Crippen LogP contribution is -2.30. The van der Waals surface area contributed by atoms with Gasteiger partial charge in [0.05, 0.1) is 19.4 Å². The number of thioether (sulfide) groups is 1. The second-order valence-corrected chi connectivity index (χ2v) is 7.38. The minimum atomic E-state index is -0.868. The Hall–Kier alpha value is -1.65. The Kier molecular flexibility index (Phi) is 9.02. The lowest BCUT2D eigenvalue weighted by molar-refractivity contribution is -0.00677. The summed E-state index contributed by atoms with van der Waals surface area (Å²) < 4.78 is 25.6. The molecule has 2 heterocycles. The Morgan fingerprint density at radius 1 is 1.44 bits per heavy atom. The summed E-state index contributed by atoms with van der Waals surface area (Å²) in [6.07, 6.45) is 5.69. The fourth-order valence-corrected chi connectivity index (χ4v) is 3.53. The number of carbonyl (C=O) groups excluding carboxylic acids is 1. The molecule has 1 aromatic rings. The predicted octanol–water partition coefficient (Wildman–Crippen LogP) is 2.87. The summed E-state index contributed by atoms with van der Waals surface area (Å²) in [5, 5.41) is 11.2. The second-order valence-electron chi connectivity index (χ2n) is 6.19. The van der Waals surface area contributed by atoms with Gasteiger partial charge in [0.25, 0.3) is 0 Å². The van der Waals surface area contributed by atoms with Crippen LogP contribution in [0.25, 0.3) is 0 Å². The zero-order valence-corrected chi connectivity index (χ0v) is 16.2. The lowest BCUT2D eigenvalue weighted by atomic mass is 10.1. The van der Waals surface area contributed by atoms with E-state index in [1.165, 1.54) is 24.6 Å². The molecule has 1 aromatic heterocycles. The average Bonchev–Trinajstić information content (AvgIpc) is 3.12. The molecule has 1 aliphatic rings. The molecule has 1 fully saturated rings. The number of anilines is 1. The Morgan fingerprint density at radius 3 is 2.89 bits per heavy atom. The Labute approximate surface area is 161 Å². The molecule has 0 unspecified atom stereocenters. The lowest BCUT2D eigenvalue weighted by Gasteiger charge is -2.14. The van der Waals surface area contributed by atoms with Crippen LogP contribution in [0.15, 0.2) is 11.0 Å². The van der Waals surface area contributed by atoms with Crippen molar-refractivity contribution < 1.29 is 23.8 Å². The third-order valence-corrected chi connectivity index (χ3v) is 5.16. The Bertz CT molecular complexity index is 672. The van der Waals surface area contributed by atoms with E-state index in [9.17, 15) is 14.0 Å². The molecule has 1 aliphatic heterocycles. The van der Waals surface area contributed by atoms with Gasteiger partial charge < -0.3 is 14.6 Å². The van der Waals surface area contributed by atoms with E-state index < -0.39 is 35.1 Å². The molecule has 27 heavy (non-hydrogen) atoms. The SMILES string of the molecule is CCCCCCCCOC(=O)Nc1nc(=O)n([C@@H]2CS[C@H](CO)O2)cc1F. The monoisotopic (exact) mass is 403 g/mol. The van der Waals surface area contributed by atoms with Gasteiger partial charge in [-0.15, -0.1) is 11.8 Å². The third kappa shape index (κ3) is 6.78. The van der Waals surface area contributed by atoms with Gasteiger partial charge in [-0.1, -0.05) is 39.0 Å². The van der Waals surface area contributed by atoms with E-state index in [2.05, 4.69) is 17.2 Å². The van der Waals surface area contributed by atoms with E-state index >= 15 is 0 Å². The van der Waals surface area contributed by atoms with E-state index in [-0.39, 0.29) is 13.2 Å². The van der Waals surface area contributed by atoms with Gasteiger partial charge in [-0.3, -0.25) is 9.88 Å². The van der Waals surface area contributed by atoms with Crippen LogP contribution in [-0.4, -0.2) is 45.2 Å². The Morgan fingerprint density at radius 2 is 2.19 bits per heavy atom. The molecule has 0 aromatic carbocycles. The van der Waals surface area contributed by atoms with Crippen molar-refractivity contribution in [3.05, 3.63) is 22.5 Å². The molecule has 0 saturated carbocycles. The van der Waals surface area contributed by atoms with Gasteiger partial charge in [-0.2, -0.15) is 4.98 Å². The van der Waals surface area contributed by atoms with Gasteiger partial charge in [0.2, 0.25) is 0 Å². The molecular weight excluding hydrogens is 377 g/mol. The van der Waals surface area contributed by atoms with Gasteiger partial charge in [0.15, 0.2) is 11.6 Å². The fraction of sp³-hybridized carbons (Fsp3) is 0.706. The van der Waals surface area contributed by atoms with Crippen molar-refractivity contribution >= 4 is 23.7 Å². The average molecular weight is 403 g/mol. The highest BCUT2D eigenvalue weighted by molar-refractivity contribution is 8.00. The van der Waals surface area contributed by atoms with E-state index in [4.69, 9.17) is 14.6 Å². The number of rotatable bonds is 10. The number of aromatic nitrogens is 2. The summed E-state index contributed by atoms with van der Waals surface area (Å²) in [5.41, 5.74) is -1.22. The zero-order valence-electron chi connectivity index (χ0n) is 15.4. The number of halogens is 1. The quantitative estimate of drug-likeness (QED) is 0.579. The maximum Gasteiger partial charge on any atom is 0.412 e. The van der Waals surface area contributed by atoms with Crippen molar-refractivity contribution in [1.82, 2.24) is 9.55 Å². The first-order valence-electron chi connectivity index (χ1n) is 9.15. The van der Waals surface area contributed by atoms with Crippen LogP contribution >= 0.6 is 11.8 Å². The number of nitrogens with zero attached hydrogens (tertiary/aromatic N) is 2. The van der Waals surface area contributed by atoms with E-state index in [1.807, 2.05) is 0 Å². The highest BCUT2D eigenvalue weighted by Gasteiger charge is 2.28. The smallest absolute Gasteiger partial charge is 0.412 e. The van der Waals surface area contributed by atoms with Crippen molar-refractivity contribution in [3.8, 4) is 0 Å². The number of nitrogens with one attached hydrogen (secondary N) is 1. The van der Waals surface area contributed by atoms with Gasteiger partial charge in [-0.25, -0.2) is 14.0 Å². The first-order valence-corrected chi connectivity index (χ1v) is 10.2. The van der Waals surface area contributed by atoms with Crippen LogP contribution in [0.4, 0.5) is 15.0 Å². The van der Waals surface area contributed by atoms with E-state index in [0.717, 1.165) is 36.4 Å². The maximum atomic E-state index is 14.2. The van der Waals surface area contributed by atoms with Crippen molar-refractivity contribution in [2.24, 2.45) is 0 Å². The minimum absolute atomic E-state index is 0.199. The number of ether oxygens (including phenoxy) is 2. The largest absolute Gasteiger partial charge is 0.449 e. The number of unbranched alkanes of at least 4 members (excludes halogenated alkanes) is 5. The molecule has 2 N–H and O–H groups in total. The second kappa shape index (κ2) is 11.3. The van der Waals surface area contributed by atoms with E-state index in [0.29, 0.717) is 5.75 Å². The fourth-order valence-electron chi connectivity index (χ4n) is 2.60. The molecule has 10 heteroatoms. The van der Waals surface area contributed by atoms with Crippen LogP contribution in [0, 0.1) is 5.82 Å². The number of aliphatic hydroxyl groups is 1. The first kappa shape index (κ1) is 21.6. The molecule has 2 rings (SSSR count). The minimum Gasteiger partial charge on any atom is -0.449 e. The predicted molar refractivity (Wildman–Crippen MR) is 100 cm³/mol.